The minimum Gasteiger partial charge on any atom is -0.460 e. The van der Waals surface area contributed by atoms with Gasteiger partial charge >= 0.3 is 5.97 Å². The lowest BCUT2D eigenvalue weighted by atomic mass is 9.88. The van der Waals surface area contributed by atoms with Gasteiger partial charge in [-0.2, -0.15) is 0 Å². The van der Waals surface area contributed by atoms with E-state index in [0.717, 1.165) is 66.7 Å². The predicted octanol–water partition coefficient (Wildman–Crippen LogP) is 5.01. The summed E-state index contributed by atoms with van der Waals surface area (Å²) in [6.45, 7) is 6.33. The molecule has 0 fully saturated rings. The molecule has 3 aromatic carbocycles. The van der Waals surface area contributed by atoms with E-state index < -0.39 is 33.4 Å². The summed E-state index contributed by atoms with van der Waals surface area (Å²) in [4.78, 5) is 72.9. The molecule has 1 aliphatic rings. The van der Waals surface area contributed by atoms with Crippen LogP contribution in [0.4, 0.5) is 17.1 Å². The lowest BCUT2D eigenvalue weighted by Crippen LogP contribution is -2.35. The maximum absolute atomic E-state index is 14.5. The molecule has 56 heavy (non-hydrogen) atoms. The molecule has 2 N–H and O–H groups in total. The number of aromatic nitrogens is 4. The van der Waals surface area contributed by atoms with E-state index in [-0.39, 0.29) is 51.5 Å². The van der Waals surface area contributed by atoms with Crippen LogP contribution in [0.2, 0.25) is 5.02 Å². The second-order valence-electron chi connectivity index (χ2n) is 12.8. The van der Waals surface area contributed by atoms with Gasteiger partial charge in [0.05, 0.1) is 33.4 Å². The zero-order valence-electron chi connectivity index (χ0n) is 30.9. The highest BCUT2D eigenvalue weighted by atomic mass is 35.5. The number of carbonyl (C=O) groups is 3. The van der Waals surface area contributed by atoms with Crippen LogP contribution < -0.4 is 20.5 Å². The Morgan fingerprint density at radius 3 is 2.38 bits per heavy atom. The Morgan fingerprint density at radius 2 is 1.68 bits per heavy atom. The van der Waals surface area contributed by atoms with Crippen LogP contribution in [-0.4, -0.2) is 71.1 Å². The molecule has 17 heteroatoms. The van der Waals surface area contributed by atoms with Crippen molar-refractivity contribution in [2.75, 3.05) is 29.9 Å². The molecule has 0 radical (unpaired) electrons. The van der Waals surface area contributed by atoms with Gasteiger partial charge < -0.3 is 15.0 Å². The summed E-state index contributed by atoms with van der Waals surface area (Å²) in [7, 11) is -4.23. The van der Waals surface area contributed by atoms with Gasteiger partial charge in [0.1, 0.15) is 6.61 Å². The summed E-state index contributed by atoms with van der Waals surface area (Å²) in [6, 6.07) is 15.7. The van der Waals surface area contributed by atoms with Crippen molar-refractivity contribution in [3.8, 4) is 0 Å². The molecule has 0 spiro atoms. The van der Waals surface area contributed by atoms with Crippen molar-refractivity contribution in [3.63, 3.8) is 0 Å². The zero-order chi connectivity index (χ0) is 40.0. The van der Waals surface area contributed by atoms with E-state index in [9.17, 15) is 27.6 Å². The molecular formula is C39H39ClN8O7S. The summed E-state index contributed by atoms with van der Waals surface area (Å²) in [5, 5.41) is 2.54. The minimum absolute atomic E-state index is 0.0105. The van der Waals surface area contributed by atoms with E-state index >= 15 is 0 Å². The summed E-state index contributed by atoms with van der Waals surface area (Å²) >= 11 is 6.51. The monoisotopic (exact) mass is 798 g/mol. The third-order valence-electron chi connectivity index (χ3n) is 9.18. The van der Waals surface area contributed by atoms with Crippen molar-refractivity contribution in [2.24, 2.45) is 4.99 Å². The topological polar surface area (TPSA) is 195 Å². The molecule has 2 aromatic heterocycles. The van der Waals surface area contributed by atoms with Crippen LogP contribution in [0.25, 0.3) is 11.2 Å². The number of benzene rings is 3. The van der Waals surface area contributed by atoms with Gasteiger partial charge in [-0.1, -0.05) is 29.8 Å². The quantitative estimate of drug-likeness (QED) is 0.120. The summed E-state index contributed by atoms with van der Waals surface area (Å²) in [5.74, 6) is -2.43. The first-order valence-corrected chi connectivity index (χ1v) is 19.8. The van der Waals surface area contributed by atoms with Crippen molar-refractivity contribution in [1.82, 2.24) is 24.2 Å². The molecule has 5 aromatic rings. The lowest BCUT2D eigenvalue weighted by Gasteiger charge is -2.29. The largest absolute Gasteiger partial charge is 0.460 e. The van der Waals surface area contributed by atoms with E-state index in [1.54, 1.807) is 30.3 Å². The number of amides is 2. The highest BCUT2D eigenvalue weighted by Gasteiger charge is 2.27. The van der Waals surface area contributed by atoms with Crippen LogP contribution >= 0.6 is 11.6 Å². The van der Waals surface area contributed by atoms with Gasteiger partial charge in [0.2, 0.25) is 5.91 Å². The van der Waals surface area contributed by atoms with Crippen LogP contribution in [0, 0.1) is 0 Å². The van der Waals surface area contributed by atoms with Crippen LogP contribution in [0.3, 0.4) is 0 Å². The minimum atomic E-state index is -4.23. The Kier molecular flexibility index (Phi) is 12.2. The van der Waals surface area contributed by atoms with Crippen molar-refractivity contribution in [2.45, 2.75) is 57.9 Å². The Labute approximate surface area is 327 Å². The van der Waals surface area contributed by atoms with Gasteiger partial charge in [-0.3, -0.25) is 19.0 Å². The Hall–Kier alpha value is -6.00. The molecule has 0 aliphatic heterocycles. The van der Waals surface area contributed by atoms with Crippen molar-refractivity contribution < 1.29 is 27.5 Å². The maximum Gasteiger partial charge on any atom is 0.338 e. The van der Waals surface area contributed by atoms with Crippen LogP contribution in [-0.2, 0) is 43.7 Å². The Bertz CT molecular complexity index is 2520. The van der Waals surface area contributed by atoms with E-state index in [2.05, 4.69) is 39.0 Å². The molecule has 0 atom stereocenters. The fourth-order valence-corrected chi connectivity index (χ4v) is 7.84. The molecule has 6 rings (SSSR count). The normalized spacial score (nSPS) is 12.8. The third kappa shape index (κ3) is 8.61. The van der Waals surface area contributed by atoms with Crippen LogP contribution in [0.1, 0.15) is 60.9 Å². The highest BCUT2D eigenvalue weighted by Crippen LogP contribution is 2.37. The van der Waals surface area contributed by atoms with E-state index in [1.807, 2.05) is 16.9 Å². The van der Waals surface area contributed by atoms with E-state index in [1.165, 1.54) is 24.5 Å². The van der Waals surface area contributed by atoms with Gasteiger partial charge in [-0.15, -0.1) is 0 Å². The maximum atomic E-state index is 14.5. The molecule has 0 saturated heterocycles. The number of nitrogens with one attached hydrogen (secondary N) is 2. The molecule has 0 bridgehead atoms. The number of esters is 1. The van der Waals surface area contributed by atoms with Crippen LogP contribution in [0.15, 0.2) is 87.7 Å². The summed E-state index contributed by atoms with van der Waals surface area (Å²) in [6.07, 6.45) is 6.11. The number of anilines is 2. The number of ether oxygens (including phenoxy) is 1. The van der Waals surface area contributed by atoms with Crippen molar-refractivity contribution >= 4 is 73.3 Å². The van der Waals surface area contributed by atoms with Gasteiger partial charge in [0.25, 0.3) is 21.5 Å². The molecule has 0 saturated carbocycles. The first-order chi connectivity index (χ1) is 26.9. The standard InChI is InChI=1S/C39H39ClN8O7S/c1-4-47(5-2)32-18-17-30(27-13-9-10-14-28(27)32)43-34(37(50)44-31-16-15-26(23-29(31)40)56(53,54)46-24(3)49)36-45-35-33(41-19-20-42-35)38(51)48(36)21-22-55-39(52)25-11-7-6-8-12-25/h6-8,11-12,15-20,23H,4-5,9-10,13-14,21-22H2,1-3H3,(H,44,50)(H,46,49). The van der Waals surface area contributed by atoms with Crippen LogP contribution in [0.5, 0.6) is 0 Å². The second kappa shape index (κ2) is 17.2. The first-order valence-electron chi connectivity index (χ1n) is 18.0. The average molecular weight is 799 g/mol. The Balaban J connectivity index is 1.49. The van der Waals surface area contributed by atoms with E-state index in [0.29, 0.717) is 17.7 Å². The van der Waals surface area contributed by atoms with Gasteiger partial charge in [-0.25, -0.2) is 37.9 Å². The van der Waals surface area contributed by atoms with E-state index in [4.69, 9.17) is 21.3 Å². The van der Waals surface area contributed by atoms with Crippen molar-refractivity contribution in [3.05, 3.63) is 111 Å². The highest BCUT2D eigenvalue weighted by molar-refractivity contribution is 7.90. The number of sulfonamides is 1. The number of aliphatic imine (C=N–C) groups is 1. The molecule has 2 amide bonds. The molecule has 0 unspecified atom stereocenters. The molecule has 15 nitrogen and oxygen atoms in total. The smallest absolute Gasteiger partial charge is 0.338 e. The second-order valence-corrected chi connectivity index (χ2v) is 14.9. The first kappa shape index (κ1) is 39.7. The van der Waals surface area contributed by atoms with Gasteiger partial charge in [-0.05, 0) is 93.1 Å². The third-order valence-corrected chi connectivity index (χ3v) is 10.9. The fourth-order valence-electron chi connectivity index (χ4n) is 6.54. The number of fused-ring (bicyclic) bond motifs is 2. The average Bonchev–Trinajstić information content (AvgIpc) is 3.19. The van der Waals surface area contributed by atoms with Gasteiger partial charge in [0, 0.05) is 38.1 Å². The predicted molar refractivity (Wildman–Crippen MR) is 212 cm³/mol. The number of nitrogens with zero attached hydrogens (tertiary/aromatic N) is 6. The number of hydrogen-bond donors (Lipinski definition) is 2. The zero-order valence-corrected chi connectivity index (χ0v) is 32.5. The molecular weight excluding hydrogens is 760 g/mol. The number of carbonyl (C=O) groups excluding carboxylic acids is 3. The number of hydrogen-bond acceptors (Lipinski definition) is 12. The lowest BCUT2D eigenvalue weighted by molar-refractivity contribution is -0.117. The Morgan fingerprint density at radius 1 is 0.964 bits per heavy atom. The fraction of sp³-hybridized carbons (Fsp3) is 0.282. The number of halogens is 1. The van der Waals surface area contributed by atoms with Gasteiger partial charge in [0.15, 0.2) is 22.7 Å². The number of rotatable bonds is 13. The SMILES string of the molecule is CCN(CC)c1ccc(N=C(C(=O)Nc2ccc(S(=O)(=O)NC(C)=O)cc2Cl)c2nc3nccnc3c(=O)n2CCOC(=O)c2ccccc2)c2c1CCCC2. The summed E-state index contributed by atoms with van der Waals surface area (Å²) < 4.78 is 33.9. The summed E-state index contributed by atoms with van der Waals surface area (Å²) in [5.41, 5.74) is 2.93. The molecule has 2 heterocycles. The molecule has 290 valence electrons. The van der Waals surface area contributed by atoms with Crippen molar-refractivity contribution in [1.29, 1.82) is 0 Å². The molecule has 1 aliphatic carbocycles.